The number of rotatable bonds is 2. The molecule has 3 heterocycles. The van der Waals surface area contributed by atoms with Crippen LogP contribution in [-0.2, 0) is 0 Å². The molecular formula is C19H21N3O3. The first-order valence-electron chi connectivity index (χ1n) is 8.61. The molecule has 1 aromatic carbocycles. The van der Waals surface area contributed by atoms with Crippen LogP contribution in [0.3, 0.4) is 0 Å². The van der Waals surface area contributed by atoms with Crippen molar-refractivity contribution in [1.29, 1.82) is 0 Å². The van der Waals surface area contributed by atoms with Gasteiger partial charge in [-0.1, -0.05) is 0 Å². The number of fused-ring (bicyclic) bond motifs is 1. The van der Waals surface area contributed by atoms with Gasteiger partial charge in [0.25, 0.3) is 5.91 Å². The molecule has 0 N–H and O–H groups in total. The Morgan fingerprint density at radius 2 is 1.80 bits per heavy atom. The van der Waals surface area contributed by atoms with E-state index in [0.29, 0.717) is 43.4 Å². The Labute approximate surface area is 146 Å². The number of benzene rings is 1. The fourth-order valence-electron chi connectivity index (χ4n) is 3.45. The van der Waals surface area contributed by atoms with E-state index >= 15 is 0 Å². The van der Waals surface area contributed by atoms with Crippen LogP contribution in [0.2, 0.25) is 0 Å². The molecule has 0 aliphatic carbocycles. The minimum atomic E-state index is 0.0175. The Kier molecular flexibility index (Phi) is 4.03. The number of hydrogen-bond donors (Lipinski definition) is 0. The third kappa shape index (κ3) is 3.16. The number of aromatic nitrogens is 2. The lowest BCUT2D eigenvalue weighted by atomic mass is 10.1. The van der Waals surface area contributed by atoms with Crippen LogP contribution >= 0.6 is 0 Å². The van der Waals surface area contributed by atoms with Gasteiger partial charge in [0.2, 0.25) is 0 Å². The Hall–Kier alpha value is -2.63. The molecule has 0 spiro atoms. The van der Waals surface area contributed by atoms with Crippen LogP contribution < -0.4 is 9.47 Å². The SMILES string of the molecule is Cc1cc(C)nc(C2CCN(C(=O)c3ccc4c(c3)OCCO4)C2)n1. The number of carbonyl (C=O) groups is 1. The highest BCUT2D eigenvalue weighted by Crippen LogP contribution is 2.32. The van der Waals surface area contributed by atoms with Crippen molar-refractivity contribution in [3.63, 3.8) is 0 Å². The summed E-state index contributed by atoms with van der Waals surface area (Å²) < 4.78 is 11.1. The lowest BCUT2D eigenvalue weighted by Crippen LogP contribution is -2.29. The molecule has 1 amide bonds. The van der Waals surface area contributed by atoms with Gasteiger partial charge in [0, 0.05) is 36.0 Å². The summed E-state index contributed by atoms with van der Waals surface area (Å²) in [5.74, 6) is 2.40. The van der Waals surface area contributed by atoms with E-state index in [1.165, 1.54) is 0 Å². The Morgan fingerprint density at radius 3 is 2.56 bits per heavy atom. The summed E-state index contributed by atoms with van der Waals surface area (Å²) in [7, 11) is 0. The fraction of sp³-hybridized carbons (Fsp3) is 0.421. The highest BCUT2D eigenvalue weighted by Gasteiger charge is 2.30. The first-order chi connectivity index (χ1) is 12.1. The third-order valence-corrected chi connectivity index (χ3v) is 4.63. The molecule has 0 bridgehead atoms. The fourth-order valence-corrected chi connectivity index (χ4v) is 3.45. The lowest BCUT2D eigenvalue weighted by molar-refractivity contribution is 0.0789. The second kappa shape index (κ2) is 6.35. The van der Waals surface area contributed by atoms with Crippen molar-refractivity contribution in [1.82, 2.24) is 14.9 Å². The van der Waals surface area contributed by atoms with Crippen LogP contribution in [0.5, 0.6) is 11.5 Å². The lowest BCUT2D eigenvalue weighted by Gasteiger charge is -2.20. The van der Waals surface area contributed by atoms with Crippen molar-refractivity contribution in [2.24, 2.45) is 0 Å². The minimum absolute atomic E-state index is 0.0175. The Bertz CT molecular complexity index is 801. The highest BCUT2D eigenvalue weighted by atomic mass is 16.6. The standard InChI is InChI=1S/C19H21N3O3/c1-12-9-13(2)21-18(20-12)15-5-6-22(11-15)19(23)14-3-4-16-17(10-14)25-8-7-24-16/h3-4,9-10,15H,5-8,11H2,1-2H3. The average Bonchev–Trinajstić information content (AvgIpc) is 3.10. The second-order valence-corrected chi connectivity index (χ2v) is 6.60. The van der Waals surface area contributed by atoms with Gasteiger partial charge in [0.05, 0.1) is 0 Å². The first kappa shape index (κ1) is 15.9. The van der Waals surface area contributed by atoms with Crippen LogP contribution in [0.1, 0.15) is 39.9 Å². The molecule has 1 atom stereocenters. The van der Waals surface area contributed by atoms with Crippen molar-refractivity contribution in [2.45, 2.75) is 26.2 Å². The molecule has 6 nitrogen and oxygen atoms in total. The smallest absolute Gasteiger partial charge is 0.254 e. The van der Waals surface area contributed by atoms with Crippen molar-refractivity contribution in [2.75, 3.05) is 26.3 Å². The second-order valence-electron chi connectivity index (χ2n) is 6.60. The van der Waals surface area contributed by atoms with Crippen molar-refractivity contribution in [3.8, 4) is 11.5 Å². The topological polar surface area (TPSA) is 64.6 Å². The largest absolute Gasteiger partial charge is 0.486 e. The number of likely N-dealkylation sites (tertiary alicyclic amines) is 1. The molecule has 25 heavy (non-hydrogen) atoms. The van der Waals surface area contributed by atoms with E-state index in [4.69, 9.17) is 9.47 Å². The summed E-state index contributed by atoms with van der Waals surface area (Å²) in [4.78, 5) is 23.8. The van der Waals surface area contributed by atoms with Gasteiger partial charge in [0.1, 0.15) is 19.0 Å². The number of amides is 1. The quantitative estimate of drug-likeness (QED) is 0.841. The van der Waals surface area contributed by atoms with Gasteiger partial charge < -0.3 is 14.4 Å². The molecule has 2 aliphatic heterocycles. The molecule has 6 heteroatoms. The molecule has 1 saturated heterocycles. The van der Waals surface area contributed by atoms with Gasteiger partial charge in [-0.2, -0.15) is 0 Å². The molecular weight excluding hydrogens is 318 g/mol. The van der Waals surface area contributed by atoms with E-state index in [9.17, 15) is 4.79 Å². The maximum atomic E-state index is 12.8. The van der Waals surface area contributed by atoms with Gasteiger partial charge in [-0.15, -0.1) is 0 Å². The van der Waals surface area contributed by atoms with E-state index in [-0.39, 0.29) is 11.8 Å². The van der Waals surface area contributed by atoms with Crippen molar-refractivity contribution >= 4 is 5.91 Å². The summed E-state index contributed by atoms with van der Waals surface area (Å²) in [5, 5.41) is 0. The van der Waals surface area contributed by atoms with Gasteiger partial charge in [-0.05, 0) is 44.5 Å². The Balaban J connectivity index is 1.50. The molecule has 0 saturated carbocycles. The summed E-state index contributed by atoms with van der Waals surface area (Å²) in [6, 6.07) is 7.35. The summed E-state index contributed by atoms with van der Waals surface area (Å²) in [6.45, 7) is 6.38. The molecule has 2 aliphatic rings. The van der Waals surface area contributed by atoms with Crippen LogP contribution in [0.4, 0.5) is 0 Å². The molecule has 130 valence electrons. The predicted octanol–water partition coefficient (Wildman–Crippen LogP) is 2.49. The summed E-state index contributed by atoms with van der Waals surface area (Å²) >= 11 is 0. The van der Waals surface area contributed by atoms with Crippen LogP contribution in [0.25, 0.3) is 0 Å². The minimum Gasteiger partial charge on any atom is -0.486 e. The molecule has 1 fully saturated rings. The van der Waals surface area contributed by atoms with E-state index in [1.807, 2.05) is 30.9 Å². The molecule has 1 unspecified atom stereocenters. The van der Waals surface area contributed by atoms with E-state index in [2.05, 4.69) is 9.97 Å². The normalized spacial score (nSPS) is 19.1. The van der Waals surface area contributed by atoms with Crippen LogP contribution in [0, 0.1) is 13.8 Å². The zero-order valence-electron chi connectivity index (χ0n) is 14.5. The number of nitrogens with zero attached hydrogens (tertiary/aromatic N) is 3. The zero-order valence-corrected chi connectivity index (χ0v) is 14.5. The molecule has 2 aromatic rings. The maximum absolute atomic E-state index is 12.8. The summed E-state index contributed by atoms with van der Waals surface area (Å²) in [5.41, 5.74) is 2.57. The number of aryl methyl sites for hydroxylation is 2. The van der Waals surface area contributed by atoms with Crippen molar-refractivity contribution < 1.29 is 14.3 Å². The average molecular weight is 339 g/mol. The number of carbonyl (C=O) groups excluding carboxylic acids is 1. The highest BCUT2D eigenvalue weighted by molar-refractivity contribution is 5.95. The van der Waals surface area contributed by atoms with Gasteiger partial charge >= 0.3 is 0 Å². The predicted molar refractivity (Wildman–Crippen MR) is 92.2 cm³/mol. The maximum Gasteiger partial charge on any atom is 0.254 e. The van der Waals surface area contributed by atoms with Gasteiger partial charge in [-0.25, -0.2) is 9.97 Å². The summed E-state index contributed by atoms with van der Waals surface area (Å²) in [6.07, 6.45) is 0.888. The zero-order chi connectivity index (χ0) is 17.4. The monoisotopic (exact) mass is 339 g/mol. The van der Waals surface area contributed by atoms with Gasteiger partial charge in [-0.3, -0.25) is 4.79 Å². The van der Waals surface area contributed by atoms with Crippen LogP contribution in [-0.4, -0.2) is 47.1 Å². The van der Waals surface area contributed by atoms with E-state index < -0.39 is 0 Å². The van der Waals surface area contributed by atoms with Gasteiger partial charge in [0.15, 0.2) is 11.5 Å². The van der Waals surface area contributed by atoms with Crippen molar-refractivity contribution in [3.05, 3.63) is 47.0 Å². The first-order valence-corrected chi connectivity index (χ1v) is 8.61. The van der Waals surface area contributed by atoms with E-state index in [0.717, 1.165) is 23.6 Å². The van der Waals surface area contributed by atoms with Crippen LogP contribution in [0.15, 0.2) is 24.3 Å². The van der Waals surface area contributed by atoms with E-state index in [1.54, 1.807) is 12.1 Å². The number of ether oxygens (including phenoxy) is 2. The Morgan fingerprint density at radius 1 is 1.08 bits per heavy atom. The molecule has 0 radical (unpaired) electrons. The molecule has 1 aromatic heterocycles. The number of hydrogen-bond acceptors (Lipinski definition) is 5. The third-order valence-electron chi connectivity index (χ3n) is 4.63. The molecule has 4 rings (SSSR count).